The van der Waals surface area contributed by atoms with E-state index in [1.165, 1.54) is 173 Å². The summed E-state index contributed by atoms with van der Waals surface area (Å²) in [6.07, 6.45) is 40.4. The van der Waals surface area contributed by atoms with E-state index in [1.807, 2.05) is 12.1 Å². The monoisotopic (exact) mass is 568 g/mol. The maximum atomic E-state index is 12.0. The number of imide groups is 1. The molecule has 3 heteroatoms. The first-order valence-corrected chi connectivity index (χ1v) is 18.2. The number of unbranched alkanes of at least 4 members (excludes halogenated alkanes) is 27. The number of hydrogen-bond donors (Lipinski definition) is 1. The second kappa shape index (κ2) is 24.9. The van der Waals surface area contributed by atoms with Crippen molar-refractivity contribution in [2.45, 2.75) is 193 Å². The number of hydrogen-bond acceptors (Lipinski definition) is 2. The summed E-state index contributed by atoms with van der Waals surface area (Å²) in [5.41, 5.74) is 2.19. The molecule has 1 heterocycles. The van der Waals surface area contributed by atoms with Crippen molar-refractivity contribution in [2.24, 2.45) is 0 Å². The summed E-state index contributed by atoms with van der Waals surface area (Å²) >= 11 is 0. The Labute approximate surface area is 254 Å². The summed E-state index contributed by atoms with van der Waals surface area (Å²) in [6, 6.07) is 5.65. The molecule has 234 valence electrons. The lowest BCUT2D eigenvalue weighted by molar-refractivity contribution is 0.0879. The SMILES string of the molecule is CCCCCCCCCCCCCCCCCCCCCCCCCCCCCCc1cccc2c1C(=O)NC2=O. The lowest BCUT2D eigenvalue weighted by Gasteiger charge is -2.06. The molecule has 41 heavy (non-hydrogen) atoms. The average Bonchev–Trinajstić information content (AvgIpc) is 3.28. The standard InChI is InChI=1S/C38H65NO2/c1-2-3-4-5-6-7-8-9-10-11-12-13-14-15-16-17-18-19-20-21-22-23-24-25-26-27-28-29-31-34-32-30-33-35-36(34)38(41)39-37(35)40/h30,32-33H,2-29,31H2,1H3,(H,39,40,41). The minimum absolute atomic E-state index is 0.221. The number of aryl methyl sites for hydroxylation is 1. The van der Waals surface area contributed by atoms with Gasteiger partial charge in [0.05, 0.1) is 11.1 Å². The zero-order valence-electron chi connectivity index (χ0n) is 27.1. The van der Waals surface area contributed by atoms with E-state index >= 15 is 0 Å². The topological polar surface area (TPSA) is 46.2 Å². The van der Waals surface area contributed by atoms with Crippen LogP contribution in [0.25, 0.3) is 0 Å². The van der Waals surface area contributed by atoms with Gasteiger partial charge in [0.1, 0.15) is 0 Å². The minimum atomic E-state index is -0.248. The van der Waals surface area contributed by atoms with Crippen LogP contribution in [-0.2, 0) is 6.42 Å². The molecule has 1 aromatic rings. The summed E-state index contributed by atoms with van der Waals surface area (Å²) in [5.74, 6) is -0.469. The van der Waals surface area contributed by atoms with Crippen LogP contribution in [0.4, 0.5) is 0 Å². The second-order valence-electron chi connectivity index (χ2n) is 12.9. The Morgan fingerprint density at radius 2 is 0.780 bits per heavy atom. The summed E-state index contributed by atoms with van der Waals surface area (Å²) in [6.45, 7) is 2.30. The van der Waals surface area contributed by atoms with E-state index in [9.17, 15) is 9.59 Å². The van der Waals surface area contributed by atoms with Gasteiger partial charge >= 0.3 is 0 Å². The van der Waals surface area contributed by atoms with Crippen LogP contribution in [0.3, 0.4) is 0 Å². The molecule has 0 radical (unpaired) electrons. The number of amides is 2. The molecule has 2 rings (SSSR count). The van der Waals surface area contributed by atoms with Gasteiger partial charge in [0.15, 0.2) is 0 Å². The Bertz CT molecular complexity index is 801. The zero-order chi connectivity index (χ0) is 29.2. The molecular weight excluding hydrogens is 502 g/mol. The van der Waals surface area contributed by atoms with Gasteiger partial charge in [-0.1, -0.05) is 192 Å². The van der Waals surface area contributed by atoms with Gasteiger partial charge in [-0.2, -0.15) is 0 Å². The van der Waals surface area contributed by atoms with Crippen molar-refractivity contribution in [3.8, 4) is 0 Å². The van der Waals surface area contributed by atoms with Crippen LogP contribution in [-0.4, -0.2) is 11.8 Å². The summed E-state index contributed by atoms with van der Waals surface area (Å²) in [4.78, 5) is 23.8. The molecule has 0 atom stereocenters. The van der Waals surface area contributed by atoms with Gasteiger partial charge in [-0.15, -0.1) is 0 Å². The first-order chi connectivity index (χ1) is 20.2. The molecule has 0 aliphatic carbocycles. The Kier molecular flexibility index (Phi) is 21.6. The third kappa shape index (κ3) is 17.2. The largest absolute Gasteiger partial charge is 0.288 e. The van der Waals surface area contributed by atoms with Gasteiger partial charge in [0, 0.05) is 0 Å². The molecule has 0 aromatic heterocycles. The highest BCUT2D eigenvalue weighted by Crippen LogP contribution is 2.22. The van der Waals surface area contributed by atoms with E-state index in [4.69, 9.17) is 0 Å². The van der Waals surface area contributed by atoms with Crippen LogP contribution < -0.4 is 5.32 Å². The van der Waals surface area contributed by atoms with Crippen molar-refractivity contribution in [3.05, 3.63) is 34.9 Å². The highest BCUT2D eigenvalue weighted by molar-refractivity contribution is 6.22. The average molecular weight is 568 g/mol. The van der Waals surface area contributed by atoms with Crippen LogP contribution in [0.2, 0.25) is 0 Å². The van der Waals surface area contributed by atoms with Crippen molar-refractivity contribution in [2.75, 3.05) is 0 Å². The summed E-state index contributed by atoms with van der Waals surface area (Å²) in [5, 5.41) is 2.42. The molecule has 1 aromatic carbocycles. The predicted octanol–water partition coefficient (Wildman–Crippen LogP) is 12.1. The van der Waals surface area contributed by atoms with E-state index in [-0.39, 0.29) is 11.8 Å². The summed E-state index contributed by atoms with van der Waals surface area (Å²) < 4.78 is 0. The fourth-order valence-electron chi connectivity index (χ4n) is 6.48. The van der Waals surface area contributed by atoms with E-state index in [1.54, 1.807) is 6.07 Å². The van der Waals surface area contributed by atoms with Gasteiger partial charge < -0.3 is 0 Å². The Morgan fingerprint density at radius 3 is 1.15 bits per heavy atom. The lowest BCUT2D eigenvalue weighted by atomic mass is 9.97. The van der Waals surface area contributed by atoms with Gasteiger partial charge in [0.2, 0.25) is 0 Å². The quantitative estimate of drug-likeness (QED) is 0.0773. The van der Waals surface area contributed by atoms with Crippen molar-refractivity contribution < 1.29 is 9.59 Å². The number of carbonyl (C=O) groups is 2. The highest BCUT2D eigenvalue weighted by Gasteiger charge is 2.28. The lowest BCUT2D eigenvalue weighted by Crippen LogP contribution is -2.20. The van der Waals surface area contributed by atoms with Crippen molar-refractivity contribution >= 4 is 11.8 Å². The van der Waals surface area contributed by atoms with Gasteiger partial charge in [0.25, 0.3) is 11.8 Å². The third-order valence-corrected chi connectivity index (χ3v) is 9.15. The number of fused-ring (bicyclic) bond motifs is 1. The maximum Gasteiger partial charge on any atom is 0.259 e. The number of benzene rings is 1. The third-order valence-electron chi connectivity index (χ3n) is 9.15. The number of nitrogens with one attached hydrogen (secondary N) is 1. The van der Waals surface area contributed by atoms with Crippen molar-refractivity contribution in [1.82, 2.24) is 5.32 Å². The number of carbonyl (C=O) groups excluding carboxylic acids is 2. The fourth-order valence-corrected chi connectivity index (χ4v) is 6.48. The van der Waals surface area contributed by atoms with E-state index < -0.39 is 0 Å². The van der Waals surface area contributed by atoms with Crippen LogP contribution >= 0.6 is 0 Å². The molecule has 0 spiro atoms. The van der Waals surface area contributed by atoms with E-state index in [2.05, 4.69) is 12.2 Å². The van der Waals surface area contributed by atoms with Gasteiger partial charge in [-0.3, -0.25) is 14.9 Å². The summed E-state index contributed by atoms with van der Waals surface area (Å²) in [7, 11) is 0. The van der Waals surface area contributed by atoms with Gasteiger partial charge in [-0.05, 0) is 24.5 Å². The van der Waals surface area contributed by atoms with Crippen molar-refractivity contribution in [1.29, 1.82) is 0 Å². The Morgan fingerprint density at radius 1 is 0.439 bits per heavy atom. The molecule has 3 nitrogen and oxygen atoms in total. The first-order valence-electron chi connectivity index (χ1n) is 18.2. The molecule has 1 aliphatic heterocycles. The molecule has 0 bridgehead atoms. The van der Waals surface area contributed by atoms with Gasteiger partial charge in [-0.25, -0.2) is 0 Å². The normalized spacial score (nSPS) is 12.7. The van der Waals surface area contributed by atoms with E-state index in [0.29, 0.717) is 11.1 Å². The molecule has 1 aliphatic rings. The molecule has 0 saturated heterocycles. The smallest absolute Gasteiger partial charge is 0.259 e. The van der Waals surface area contributed by atoms with Crippen LogP contribution in [0, 0.1) is 0 Å². The number of rotatable bonds is 29. The molecule has 1 N–H and O–H groups in total. The Hall–Kier alpha value is -1.64. The predicted molar refractivity (Wildman–Crippen MR) is 177 cm³/mol. The van der Waals surface area contributed by atoms with Crippen LogP contribution in [0.1, 0.15) is 213 Å². The zero-order valence-corrected chi connectivity index (χ0v) is 27.1. The molecular formula is C38H65NO2. The van der Waals surface area contributed by atoms with Crippen LogP contribution in [0.15, 0.2) is 18.2 Å². The first kappa shape index (κ1) is 35.6. The highest BCUT2D eigenvalue weighted by atomic mass is 16.2. The van der Waals surface area contributed by atoms with Crippen LogP contribution in [0.5, 0.6) is 0 Å². The molecule has 0 fully saturated rings. The second-order valence-corrected chi connectivity index (χ2v) is 12.9. The molecule has 0 unspecified atom stereocenters. The fraction of sp³-hybridized carbons (Fsp3) is 0.789. The Balaban J connectivity index is 1.23. The van der Waals surface area contributed by atoms with E-state index in [0.717, 1.165) is 18.4 Å². The molecule has 2 amide bonds. The molecule has 0 saturated carbocycles. The van der Waals surface area contributed by atoms with Crippen molar-refractivity contribution in [3.63, 3.8) is 0 Å². The maximum absolute atomic E-state index is 12.0. The minimum Gasteiger partial charge on any atom is -0.288 e.